The van der Waals surface area contributed by atoms with Crippen LogP contribution in [0.25, 0.3) is 0 Å². The average molecular weight is 279 g/mol. The number of hydrogen-bond acceptors (Lipinski definition) is 5. The van der Waals surface area contributed by atoms with Crippen LogP contribution in [0.3, 0.4) is 0 Å². The first-order valence-corrected chi connectivity index (χ1v) is 6.77. The summed E-state index contributed by atoms with van der Waals surface area (Å²) in [7, 11) is 1.39. The molecule has 0 radical (unpaired) electrons. The van der Waals surface area contributed by atoms with Gasteiger partial charge in [-0.25, -0.2) is 4.79 Å². The smallest absolute Gasteiger partial charge is 0.330 e. The molecule has 20 heavy (non-hydrogen) atoms. The molecule has 0 saturated heterocycles. The van der Waals surface area contributed by atoms with Gasteiger partial charge >= 0.3 is 5.97 Å². The van der Waals surface area contributed by atoms with Crippen LogP contribution in [0.15, 0.2) is 18.2 Å². The van der Waals surface area contributed by atoms with Gasteiger partial charge in [0.05, 0.1) is 7.11 Å². The molecule has 0 aromatic heterocycles. The largest absolute Gasteiger partial charge is 0.467 e. The fourth-order valence-corrected chi connectivity index (χ4v) is 2.27. The van der Waals surface area contributed by atoms with E-state index in [-0.39, 0.29) is 18.8 Å². The van der Waals surface area contributed by atoms with Crippen LogP contribution in [0, 0.1) is 0 Å². The van der Waals surface area contributed by atoms with Crippen molar-refractivity contribution in [2.45, 2.75) is 38.8 Å². The third kappa shape index (κ3) is 2.58. The summed E-state index contributed by atoms with van der Waals surface area (Å²) in [5.74, 6) is 1.03. The SMILES string of the molecule is CCC(C)NC(C)(C(=O)OC)c1ccc2c(c1)OCO2. The summed E-state index contributed by atoms with van der Waals surface area (Å²) >= 11 is 0. The summed E-state index contributed by atoms with van der Waals surface area (Å²) in [4.78, 5) is 12.2. The molecule has 0 bridgehead atoms. The molecule has 1 aliphatic heterocycles. The van der Waals surface area contributed by atoms with Crippen LogP contribution < -0.4 is 14.8 Å². The zero-order valence-corrected chi connectivity index (χ0v) is 12.4. The van der Waals surface area contributed by atoms with Crippen molar-refractivity contribution in [3.8, 4) is 11.5 Å². The van der Waals surface area contributed by atoms with Crippen LogP contribution in [0.4, 0.5) is 0 Å². The lowest BCUT2D eigenvalue weighted by molar-refractivity contribution is -0.148. The summed E-state index contributed by atoms with van der Waals surface area (Å²) in [5, 5.41) is 3.33. The van der Waals surface area contributed by atoms with Crippen LogP contribution in [0.1, 0.15) is 32.8 Å². The molecule has 1 aromatic rings. The summed E-state index contributed by atoms with van der Waals surface area (Å²) in [6.45, 7) is 6.14. The Morgan fingerprint density at radius 1 is 1.45 bits per heavy atom. The normalized spacial score (nSPS) is 17.4. The Morgan fingerprint density at radius 2 is 2.15 bits per heavy atom. The van der Waals surface area contributed by atoms with Crippen molar-refractivity contribution in [1.29, 1.82) is 0 Å². The van der Waals surface area contributed by atoms with E-state index in [1.807, 2.05) is 32.0 Å². The van der Waals surface area contributed by atoms with E-state index in [1.165, 1.54) is 7.11 Å². The van der Waals surface area contributed by atoms with Crippen LogP contribution in [0.5, 0.6) is 11.5 Å². The lowest BCUT2D eigenvalue weighted by Crippen LogP contribution is -2.50. The molecule has 110 valence electrons. The Balaban J connectivity index is 2.38. The maximum atomic E-state index is 12.2. The number of carbonyl (C=O) groups excluding carboxylic acids is 1. The third-order valence-electron chi connectivity index (χ3n) is 3.69. The Hall–Kier alpha value is -1.75. The maximum absolute atomic E-state index is 12.2. The second-order valence-electron chi connectivity index (χ2n) is 5.14. The molecule has 5 heteroatoms. The molecule has 0 amide bonds. The van der Waals surface area contributed by atoms with Gasteiger partial charge in [-0.05, 0) is 38.0 Å². The molecule has 1 aromatic carbocycles. The Bertz CT molecular complexity index is 503. The second-order valence-corrected chi connectivity index (χ2v) is 5.14. The summed E-state index contributed by atoms with van der Waals surface area (Å²) < 4.78 is 15.6. The van der Waals surface area contributed by atoms with Gasteiger partial charge in [0.2, 0.25) is 6.79 Å². The van der Waals surface area contributed by atoms with Gasteiger partial charge in [0.15, 0.2) is 11.5 Å². The number of rotatable bonds is 5. The zero-order valence-electron chi connectivity index (χ0n) is 12.4. The standard InChI is InChI=1S/C15H21NO4/c1-5-10(2)16-15(3,14(17)18-4)11-6-7-12-13(8-11)20-9-19-12/h6-8,10,16H,5,9H2,1-4H3. The predicted octanol–water partition coefficient (Wildman–Crippen LogP) is 2.19. The van der Waals surface area contributed by atoms with Gasteiger partial charge in [-0.2, -0.15) is 0 Å². The molecule has 0 saturated carbocycles. The number of esters is 1. The first-order valence-electron chi connectivity index (χ1n) is 6.77. The Kier molecular flexibility index (Phi) is 4.18. The van der Waals surface area contributed by atoms with Crippen molar-refractivity contribution < 1.29 is 19.0 Å². The lowest BCUT2D eigenvalue weighted by Gasteiger charge is -2.31. The summed E-state index contributed by atoms with van der Waals surface area (Å²) in [5.41, 5.74) is -0.112. The minimum Gasteiger partial charge on any atom is -0.467 e. The van der Waals surface area contributed by atoms with Gasteiger partial charge in [0.1, 0.15) is 5.54 Å². The molecule has 1 N–H and O–H groups in total. The zero-order chi connectivity index (χ0) is 14.8. The molecule has 2 unspecified atom stereocenters. The molecular formula is C15H21NO4. The van der Waals surface area contributed by atoms with Gasteiger partial charge in [0.25, 0.3) is 0 Å². The summed E-state index contributed by atoms with van der Waals surface area (Å²) in [6.07, 6.45) is 0.914. The summed E-state index contributed by atoms with van der Waals surface area (Å²) in [6, 6.07) is 5.69. The number of nitrogens with one attached hydrogen (secondary N) is 1. The van der Waals surface area contributed by atoms with E-state index in [2.05, 4.69) is 12.2 Å². The van der Waals surface area contributed by atoms with Crippen molar-refractivity contribution in [3.05, 3.63) is 23.8 Å². The van der Waals surface area contributed by atoms with E-state index < -0.39 is 5.54 Å². The number of fused-ring (bicyclic) bond motifs is 1. The fourth-order valence-electron chi connectivity index (χ4n) is 2.27. The minimum atomic E-state index is -0.912. The van der Waals surface area contributed by atoms with Gasteiger partial charge < -0.3 is 14.2 Å². The predicted molar refractivity (Wildman–Crippen MR) is 74.8 cm³/mol. The number of hydrogen-bond donors (Lipinski definition) is 1. The van der Waals surface area contributed by atoms with E-state index in [0.29, 0.717) is 11.5 Å². The van der Waals surface area contributed by atoms with Gasteiger partial charge in [-0.15, -0.1) is 0 Å². The van der Waals surface area contributed by atoms with Crippen LogP contribution in [0.2, 0.25) is 0 Å². The monoisotopic (exact) mass is 279 g/mol. The van der Waals surface area contributed by atoms with Gasteiger partial charge in [-0.1, -0.05) is 13.0 Å². The molecule has 0 aliphatic carbocycles. The topological polar surface area (TPSA) is 56.8 Å². The highest BCUT2D eigenvalue weighted by Crippen LogP contribution is 2.36. The van der Waals surface area contributed by atoms with E-state index in [9.17, 15) is 4.79 Å². The third-order valence-corrected chi connectivity index (χ3v) is 3.69. The Labute approximate surface area is 119 Å². The van der Waals surface area contributed by atoms with Crippen molar-refractivity contribution in [2.24, 2.45) is 0 Å². The second kappa shape index (κ2) is 5.71. The van der Waals surface area contributed by atoms with Gasteiger partial charge in [0, 0.05) is 6.04 Å². The first kappa shape index (κ1) is 14.7. The number of carbonyl (C=O) groups is 1. The Morgan fingerprint density at radius 3 is 2.80 bits per heavy atom. The van der Waals surface area contributed by atoms with Crippen LogP contribution >= 0.6 is 0 Å². The van der Waals surface area contributed by atoms with Crippen molar-refractivity contribution in [1.82, 2.24) is 5.32 Å². The highest BCUT2D eigenvalue weighted by molar-refractivity contribution is 5.82. The van der Waals surface area contributed by atoms with Gasteiger partial charge in [-0.3, -0.25) is 5.32 Å². The molecule has 1 aliphatic rings. The molecule has 0 spiro atoms. The number of benzene rings is 1. The van der Waals surface area contributed by atoms with Crippen molar-refractivity contribution in [2.75, 3.05) is 13.9 Å². The molecular weight excluding hydrogens is 258 g/mol. The quantitative estimate of drug-likeness (QED) is 0.837. The lowest BCUT2D eigenvalue weighted by atomic mass is 9.90. The molecule has 1 heterocycles. The molecule has 2 atom stereocenters. The van der Waals surface area contributed by atoms with Crippen molar-refractivity contribution in [3.63, 3.8) is 0 Å². The minimum absolute atomic E-state index is 0.185. The average Bonchev–Trinajstić information content (AvgIpc) is 2.93. The number of methoxy groups -OCH3 is 1. The molecule has 0 fully saturated rings. The molecule has 5 nitrogen and oxygen atoms in total. The van der Waals surface area contributed by atoms with Crippen LogP contribution in [-0.2, 0) is 15.1 Å². The fraction of sp³-hybridized carbons (Fsp3) is 0.533. The maximum Gasteiger partial charge on any atom is 0.330 e. The molecule has 2 rings (SSSR count). The highest BCUT2D eigenvalue weighted by atomic mass is 16.7. The van der Waals surface area contributed by atoms with Crippen LogP contribution in [-0.4, -0.2) is 25.9 Å². The highest BCUT2D eigenvalue weighted by Gasteiger charge is 2.38. The first-order chi connectivity index (χ1) is 9.51. The van der Waals surface area contributed by atoms with E-state index >= 15 is 0 Å². The van der Waals surface area contributed by atoms with E-state index in [1.54, 1.807) is 0 Å². The number of ether oxygens (including phenoxy) is 3. The van der Waals surface area contributed by atoms with E-state index in [0.717, 1.165) is 12.0 Å². The van der Waals surface area contributed by atoms with Crippen molar-refractivity contribution >= 4 is 5.97 Å². The van der Waals surface area contributed by atoms with E-state index in [4.69, 9.17) is 14.2 Å².